The molecule has 3 aromatic carbocycles. The average Bonchev–Trinajstić information content (AvgIpc) is 2.83. The molecule has 1 atom stereocenters. The summed E-state index contributed by atoms with van der Waals surface area (Å²) in [5.74, 6) is 2.70. The Balaban J connectivity index is 1.19. The van der Waals surface area contributed by atoms with Gasteiger partial charge in [-0.1, -0.05) is 48.5 Å². The van der Waals surface area contributed by atoms with E-state index in [1.165, 1.54) is 18.4 Å². The molecule has 0 saturated carbocycles. The molecule has 1 aliphatic heterocycles. The van der Waals surface area contributed by atoms with Gasteiger partial charge in [0.1, 0.15) is 11.5 Å². The lowest BCUT2D eigenvalue weighted by molar-refractivity contribution is 0.0840. The fraction of sp³-hybridized carbons (Fsp3) is 0.321. The van der Waals surface area contributed by atoms with Gasteiger partial charge in [0.15, 0.2) is 5.78 Å². The van der Waals surface area contributed by atoms with Gasteiger partial charge in [-0.05, 0) is 86.1 Å². The van der Waals surface area contributed by atoms with Crippen molar-refractivity contribution < 1.29 is 9.53 Å². The Morgan fingerprint density at radius 2 is 1.52 bits per heavy atom. The summed E-state index contributed by atoms with van der Waals surface area (Å²) < 4.78 is 5.95. The van der Waals surface area contributed by atoms with Gasteiger partial charge in [-0.2, -0.15) is 0 Å². The van der Waals surface area contributed by atoms with Crippen LogP contribution in [-0.2, 0) is 6.42 Å². The van der Waals surface area contributed by atoms with E-state index in [-0.39, 0.29) is 5.92 Å². The third-order valence-corrected chi connectivity index (χ3v) is 6.79. The lowest BCUT2D eigenvalue weighted by atomic mass is 9.81. The van der Waals surface area contributed by atoms with Crippen LogP contribution in [0.2, 0.25) is 0 Å². The first-order chi connectivity index (χ1) is 15.3. The zero-order valence-electron chi connectivity index (χ0n) is 17.9. The Bertz CT molecular complexity index is 1020. The number of benzene rings is 3. The van der Waals surface area contributed by atoms with Crippen LogP contribution in [0.25, 0.3) is 0 Å². The van der Waals surface area contributed by atoms with E-state index in [1.54, 1.807) is 0 Å². The number of aryl methyl sites for hydroxylation is 1. The second-order valence-electron chi connectivity index (χ2n) is 8.82. The topological polar surface area (TPSA) is 29.5 Å². The number of para-hydroxylation sites is 1. The number of hydrogen-bond donors (Lipinski definition) is 0. The third-order valence-electron chi connectivity index (χ3n) is 6.79. The molecule has 2 aliphatic rings. The van der Waals surface area contributed by atoms with Crippen molar-refractivity contribution in [2.24, 2.45) is 5.92 Å². The Kier molecular flexibility index (Phi) is 5.86. The lowest BCUT2D eigenvalue weighted by Crippen LogP contribution is -2.40. The lowest BCUT2D eigenvalue weighted by Gasteiger charge is -2.35. The minimum atomic E-state index is 0.113. The highest BCUT2D eigenvalue weighted by Gasteiger charge is 2.30. The molecule has 3 nitrogen and oxygen atoms in total. The molecule has 158 valence electrons. The van der Waals surface area contributed by atoms with Crippen molar-refractivity contribution >= 4 is 5.78 Å². The summed E-state index contributed by atoms with van der Waals surface area (Å²) in [6, 6.07) is 26.6. The molecule has 5 rings (SSSR count). The molecule has 1 saturated heterocycles. The van der Waals surface area contributed by atoms with E-state index in [1.807, 2.05) is 48.5 Å². The number of piperidine rings is 1. The number of carbonyl (C=O) groups is 1. The van der Waals surface area contributed by atoms with Gasteiger partial charge in [0, 0.05) is 18.0 Å². The van der Waals surface area contributed by atoms with Crippen LogP contribution in [0, 0.1) is 5.92 Å². The molecule has 1 heterocycles. The van der Waals surface area contributed by atoms with Crippen LogP contribution in [0.4, 0.5) is 0 Å². The molecule has 3 heteroatoms. The van der Waals surface area contributed by atoms with Crippen LogP contribution in [0.1, 0.15) is 46.7 Å². The molecular weight excluding hydrogens is 382 g/mol. The molecule has 0 aromatic heterocycles. The van der Waals surface area contributed by atoms with Crippen LogP contribution < -0.4 is 4.74 Å². The molecule has 0 bridgehead atoms. The van der Waals surface area contributed by atoms with E-state index in [0.29, 0.717) is 11.7 Å². The maximum atomic E-state index is 13.2. The minimum Gasteiger partial charge on any atom is -0.457 e. The molecule has 3 aromatic rings. The van der Waals surface area contributed by atoms with Crippen molar-refractivity contribution in [3.8, 4) is 11.5 Å². The smallest absolute Gasteiger partial charge is 0.167 e. The summed E-state index contributed by atoms with van der Waals surface area (Å²) in [5, 5.41) is 0. The summed E-state index contributed by atoms with van der Waals surface area (Å²) in [4.78, 5) is 15.7. The Hall–Kier alpha value is -2.91. The minimum absolute atomic E-state index is 0.113. The first-order valence-electron chi connectivity index (χ1n) is 11.4. The van der Waals surface area contributed by atoms with Gasteiger partial charge < -0.3 is 9.64 Å². The molecule has 1 unspecified atom stereocenters. The van der Waals surface area contributed by atoms with Crippen LogP contribution in [-0.4, -0.2) is 30.3 Å². The van der Waals surface area contributed by atoms with Crippen LogP contribution in [0.3, 0.4) is 0 Å². The molecule has 0 spiro atoms. The molecule has 31 heavy (non-hydrogen) atoms. The number of likely N-dealkylation sites (tertiary alicyclic amines) is 1. The number of fused-ring (bicyclic) bond motifs is 1. The van der Waals surface area contributed by atoms with E-state index in [2.05, 4.69) is 35.2 Å². The van der Waals surface area contributed by atoms with E-state index < -0.39 is 0 Å². The van der Waals surface area contributed by atoms with Gasteiger partial charge in [0.2, 0.25) is 0 Å². The van der Waals surface area contributed by atoms with E-state index >= 15 is 0 Å². The quantitative estimate of drug-likeness (QED) is 0.508. The highest BCUT2D eigenvalue weighted by molar-refractivity contribution is 6.00. The van der Waals surface area contributed by atoms with Crippen molar-refractivity contribution in [2.45, 2.75) is 31.6 Å². The molecule has 0 amide bonds. The number of Topliss-reactive ketones (excluding diaryl/α,β-unsaturated/α-hetero) is 1. The predicted molar refractivity (Wildman–Crippen MR) is 124 cm³/mol. The van der Waals surface area contributed by atoms with Crippen molar-refractivity contribution in [3.05, 3.63) is 95.6 Å². The van der Waals surface area contributed by atoms with E-state index in [0.717, 1.165) is 55.1 Å². The van der Waals surface area contributed by atoms with Gasteiger partial charge in [0.05, 0.1) is 0 Å². The maximum absolute atomic E-state index is 13.2. The maximum Gasteiger partial charge on any atom is 0.167 e. The summed E-state index contributed by atoms with van der Waals surface area (Å²) in [5.41, 5.74) is 3.46. The first-order valence-corrected chi connectivity index (χ1v) is 11.4. The summed E-state index contributed by atoms with van der Waals surface area (Å²) in [7, 11) is 0. The zero-order valence-corrected chi connectivity index (χ0v) is 17.9. The number of carbonyl (C=O) groups excluding carboxylic acids is 1. The summed E-state index contributed by atoms with van der Waals surface area (Å²) in [6.45, 7) is 3.06. The number of rotatable bonds is 5. The standard InChI is InChI=1S/C28H29NO2/c30-28-24(20-29-17-15-22(16-18-29)21-7-3-1-4-8-21)12-11-23-19-26(13-14-27(23)28)31-25-9-5-2-6-10-25/h1-10,13-14,19,22,24H,11-12,15-18,20H2. The van der Waals surface area contributed by atoms with Crippen LogP contribution in [0.5, 0.6) is 11.5 Å². The number of ether oxygens (including phenoxy) is 1. The van der Waals surface area contributed by atoms with Gasteiger partial charge in [-0.15, -0.1) is 0 Å². The van der Waals surface area contributed by atoms with Crippen LogP contribution >= 0.6 is 0 Å². The normalized spacial score (nSPS) is 19.7. The largest absolute Gasteiger partial charge is 0.457 e. The van der Waals surface area contributed by atoms with Crippen molar-refractivity contribution in [1.29, 1.82) is 0 Å². The highest BCUT2D eigenvalue weighted by Crippen LogP contribution is 2.33. The number of ketones is 1. The molecular formula is C28H29NO2. The predicted octanol–water partition coefficient (Wildman–Crippen LogP) is 6.10. The fourth-order valence-corrected chi connectivity index (χ4v) is 5.05. The molecule has 1 aliphatic carbocycles. The summed E-state index contributed by atoms with van der Waals surface area (Å²) in [6.07, 6.45) is 4.24. The third kappa shape index (κ3) is 4.57. The van der Waals surface area contributed by atoms with Gasteiger partial charge >= 0.3 is 0 Å². The second-order valence-corrected chi connectivity index (χ2v) is 8.82. The van der Waals surface area contributed by atoms with E-state index in [4.69, 9.17) is 4.74 Å². The van der Waals surface area contributed by atoms with Gasteiger partial charge in [0.25, 0.3) is 0 Å². The second kappa shape index (κ2) is 9.07. The van der Waals surface area contributed by atoms with Crippen molar-refractivity contribution in [2.75, 3.05) is 19.6 Å². The number of hydrogen-bond acceptors (Lipinski definition) is 3. The SMILES string of the molecule is O=C1c2ccc(Oc3ccccc3)cc2CCC1CN1CCC(c2ccccc2)CC1. The first kappa shape index (κ1) is 20.0. The van der Waals surface area contributed by atoms with Crippen molar-refractivity contribution in [1.82, 2.24) is 4.90 Å². The van der Waals surface area contributed by atoms with E-state index in [9.17, 15) is 4.79 Å². The van der Waals surface area contributed by atoms with Gasteiger partial charge in [-0.3, -0.25) is 4.79 Å². The fourth-order valence-electron chi connectivity index (χ4n) is 5.05. The van der Waals surface area contributed by atoms with Gasteiger partial charge in [-0.25, -0.2) is 0 Å². The van der Waals surface area contributed by atoms with Crippen LogP contribution in [0.15, 0.2) is 78.9 Å². The monoisotopic (exact) mass is 411 g/mol. The Morgan fingerprint density at radius 3 is 2.26 bits per heavy atom. The Morgan fingerprint density at radius 1 is 0.806 bits per heavy atom. The zero-order chi connectivity index (χ0) is 21.0. The molecule has 0 radical (unpaired) electrons. The molecule has 0 N–H and O–H groups in total. The average molecular weight is 412 g/mol. The highest BCUT2D eigenvalue weighted by atomic mass is 16.5. The Labute approximate surface area is 184 Å². The number of nitrogens with zero attached hydrogens (tertiary/aromatic N) is 1. The van der Waals surface area contributed by atoms with Crippen molar-refractivity contribution in [3.63, 3.8) is 0 Å². The molecule has 1 fully saturated rings. The summed E-state index contributed by atoms with van der Waals surface area (Å²) >= 11 is 0.